The van der Waals surface area contributed by atoms with Crippen molar-refractivity contribution in [3.05, 3.63) is 71.4 Å². The summed E-state index contributed by atoms with van der Waals surface area (Å²) in [4.78, 5) is 13.1. The van der Waals surface area contributed by atoms with Crippen molar-refractivity contribution < 1.29 is 13.2 Å². The molecule has 3 aromatic rings. The first-order valence-corrected chi connectivity index (χ1v) is 10.7. The minimum atomic E-state index is -3.85. The highest BCUT2D eigenvalue weighted by Crippen LogP contribution is 2.26. The van der Waals surface area contributed by atoms with Crippen LogP contribution in [-0.4, -0.2) is 31.2 Å². The Labute approximate surface area is 171 Å². The Kier molecular flexibility index (Phi) is 5.74. The second-order valence-electron chi connectivity index (χ2n) is 6.76. The molecular formula is C21H24N4O3S. The third-order valence-electron chi connectivity index (χ3n) is 4.78. The first-order valence-electron chi connectivity index (χ1n) is 9.22. The Hall–Kier alpha value is -3.13. The summed E-state index contributed by atoms with van der Waals surface area (Å²) < 4.78 is 28.6. The van der Waals surface area contributed by atoms with Crippen LogP contribution in [0.4, 0.5) is 11.5 Å². The van der Waals surface area contributed by atoms with Gasteiger partial charge in [0.15, 0.2) is 5.82 Å². The quantitative estimate of drug-likeness (QED) is 0.673. The van der Waals surface area contributed by atoms with Gasteiger partial charge in [0.1, 0.15) is 5.56 Å². The number of carbonyl (C=O) groups excluding carboxylic acids is 1. The van der Waals surface area contributed by atoms with E-state index in [9.17, 15) is 13.2 Å². The van der Waals surface area contributed by atoms with Gasteiger partial charge >= 0.3 is 0 Å². The number of amides is 1. The molecule has 1 N–H and O–H groups in total. The van der Waals surface area contributed by atoms with E-state index in [1.54, 1.807) is 31.3 Å². The zero-order valence-electron chi connectivity index (χ0n) is 16.9. The van der Waals surface area contributed by atoms with Gasteiger partial charge in [0.05, 0.1) is 11.1 Å². The molecule has 1 amide bonds. The largest absolute Gasteiger partial charge is 0.322 e. The van der Waals surface area contributed by atoms with Gasteiger partial charge in [-0.25, -0.2) is 8.42 Å². The molecule has 0 atom stereocenters. The van der Waals surface area contributed by atoms with Crippen LogP contribution in [0.3, 0.4) is 0 Å². The highest BCUT2D eigenvalue weighted by molar-refractivity contribution is 7.92. The lowest BCUT2D eigenvalue weighted by molar-refractivity contribution is 0.102. The van der Waals surface area contributed by atoms with Crippen LogP contribution in [0.2, 0.25) is 0 Å². The van der Waals surface area contributed by atoms with Crippen LogP contribution in [0.5, 0.6) is 0 Å². The van der Waals surface area contributed by atoms with Gasteiger partial charge in [0.2, 0.25) is 0 Å². The van der Waals surface area contributed by atoms with E-state index in [-0.39, 0.29) is 16.3 Å². The number of nitrogens with zero attached hydrogens (tertiary/aromatic N) is 3. The summed E-state index contributed by atoms with van der Waals surface area (Å²) in [5.74, 6) is -0.225. The molecule has 3 rings (SSSR count). The van der Waals surface area contributed by atoms with Gasteiger partial charge in [-0.2, -0.15) is 5.10 Å². The van der Waals surface area contributed by atoms with E-state index in [0.717, 1.165) is 21.9 Å². The smallest absolute Gasteiger partial charge is 0.265 e. The van der Waals surface area contributed by atoms with E-state index in [1.165, 1.54) is 17.9 Å². The van der Waals surface area contributed by atoms with Crippen LogP contribution in [0.25, 0.3) is 0 Å². The molecule has 0 bridgehead atoms. The van der Waals surface area contributed by atoms with Crippen LogP contribution < -0.4 is 9.62 Å². The van der Waals surface area contributed by atoms with Crippen LogP contribution in [0.1, 0.15) is 28.4 Å². The summed E-state index contributed by atoms with van der Waals surface area (Å²) in [6.45, 7) is 3.89. The molecule has 0 spiro atoms. The number of aromatic nitrogens is 2. The molecule has 8 heteroatoms. The second kappa shape index (κ2) is 8.08. The highest BCUT2D eigenvalue weighted by atomic mass is 32.2. The Bertz CT molecular complexity index is 1130. The van der Waals surface area contributed by atoms with Crippen LogP contribution >= 0.6 is 0 Å². The van der Waals surface area contributed by atoms with Crippen molar-refractivity contribution in [2.45, 2.75) is 25.2 Å². The van der Waals surface area contributed by atoms with Gasteiger partial charge in [-0.1, -0.05) is 42.8 Å². The van der Waals surface area contributed by atoms with E-state index in [4.69, 9.17) is 0 Å². The molecular weight excluding hydrogens is 388 g/mol. The zero-order chi connectivity index (χ0) is 21.2. The molecule has 1 heterocycles. The van der Waals surface area contributed by atoms with E-state index in [2.05, 4.69) is 10.4 Å². The van der Waals surface area contributed by atoms with Crippen molar-refractivity contribution in [3.8, 4) is 0 Å². The summed E-state index contributed by atoms with van der Waals surface area (Å²) >= 11 is 0. The maximum Gasteiger partial charge on any atom is 0.265 e. The number of hydrogen-bond donors (Lipinski definition) is 1. The fourth-order valence-corrected chi connectivity index (χ4v) is 4.33. The van der Waals surface area contributed by atoms with Crippen molar-refractivity contribution in [3.63, 3.8) is 0 Å². The maximum atomic E-state index is 13.1. The molecule has 29 heavy (non-hydrogen) atoms. The standard InChI is InChI=1S/C21H24N4O3S/c1-5-16-8-6-7-9-19(16)23-20(26)18-14-22-24(3)21(18)25(4)29(27,28)17-12-10-15(2)11-13-17/h6-14H,5H2,1-4H3,(H,23,26). The number of para-hydroxylation sites is 1. The van der Waals surface area contributed by atoms with Gasteiger partial charge in [-0.05, 0) is 37.1 Å². The number of sulfonamides is 1. The lowest BCUT2D eigenvalue weighted by Crippen LogP contribution is -2.30. The minimum Gasteiger partial charge on any atom is -0.322 e. The van der Waals surface area contributed by atoms with E-state index >= 15 is 0 Å². The SMILES string of the molecule is CCc1ccccc1NC(=O)c1cnn(C)c1N(C)S(=O)(=O)c1ccc(C)cc1. The number of nitrogens with one attached hydrogen (secondary N) is 1. The Morgan fingerprint density at radius 1 is 1.14 bits per heavy atom. The summed E-state index contributed by atoms with van der Waals surface area (Å²) in [6.07, 6.45) is 2.14. The zero-order valence-corrected chi connectivity index (χ0v) is 17.7. The monoisotopic (exact) mass is 412 g/mol. The molecule has 0 aliphatic carbocycles. The highest BCUT2D eigenvalue weighted by Gasteiger charge is 2.28. The maximum absolute atomic E-state index is 13.1. The van der Waals surface area contributed by atoms with Crippen molar-refractivity contribution in [1.82, 2.24) is 9.78 Å². The molecule has 2 aromatic carbocycles. The number of hydrogen-bond acceptors (Lipinski definition) is 4. The molecule has 0 saturated heterocycles. The van der Waals surface area contributed by atoms with E-state index in [0.29, 0.717) is 5.69 Å². The number of benzene rings is 2. The van der Waals surface area contributed by atoms with Crippen LogP contribution in [0.15, 0.2) is 59.6 Å². The molecule has 0 saturated carbocycles. The molecule has 0 fully saturated rings. The Morgan fingerprint density at radius 3 is 2.45 bits per heavy atom. The average molecular weight is 413 g/mol. The van der Waals surface area contributed by atoms with Crippen molar-refractivity contribution >= 4 is 27.4 Å². The topological polar surface area (TPSA) is 84.3 Å². The van der Waals surface area contributed by atoms with Crippen LogP contribution in [0, 0.1) is 6.92 Å². The number of rotatable bonds is 6. The Balaban J connectivity index is 1.96. The minimum absolute atomic E-state index is 0.148. The van der Waals surface area contributed by atoms with Gasteiger partial charge in [-0.3, -0.25) is 13.8 Å². The van der Waals surface area contributed by atoms with Gasteiger partial charge in [0, 0.05) is 19.8 Å². The predicted molar refractivity (Wildman–Crippen MR) is 114 cm³/mol. The molecule has 0 radical (unpaired) electrons. The third-order valence-corrected chi connectivity index (χ3v) is 6.54. The normalized spacial score (nSPS) is 11.3. The summed E-state index contributed by atoms with van der Waals surface area (Å²) in [7, 11) is -0.826. The molecule has 152 valence electrons. The summed E-state index contributed by atoms with van der Waals surface area (Å²) in [6, 6.07) is 14.1. The van der Waals surface area contributed by atoms with Gasteiger partial charge < -0.3 is 5.32 Å². The van der Waals surface area contributed by atoms with Crippen molar-refractivity contribution in [1.29, 1.82) is 0 Å². The first kappa shape index (κ1) is 20.6. The van der Waals surface area contributed by atoms with E-state index in [1.807, 2.05) is 38.1 Å². The van der Waals surface area contributed by atoms with Crippen LogP contribution in [-0.2, 0) is 23.5 Å². The lowest BCUT2D eigenvalue weighted by Gasteiger charge is -2.21. The average Bonchev–Trinajstić information content (AvgIpc) is 3.09. The molecule has 7 nitrogen and oxygen atoms in total. The molecule has 1 aromatic heterocycles. The Morgan fingerprint density at radius 2 is 1.79 bits per heavy atom. The first-order chi connectivity index (χ1) is 13.8. The van der Waals surface area contributed by atoms with Crippen molar-refractivity contribution in [2.24, 2.45) is 7.05 Å². The number of aryl methyl sites for hydroxylation is 3. The summed E-state index contributed by atoms with van der Waals surface area (Å²) in [5, 5.41) is 6.99. The number of anilines is 2. The molecule has 0 aliphatic heterocycles. The van der Waals surface area contributed by atoms with Crippen molar-refractivity contribution in [2.75, 3.05) is 16.7 Å². The predicted octanol–water partition coefficient (Wildman–Crippen LogP) is 3.37. The molecule has 0 unspecified atom stereocenters. The van der Waals surface area contributed by atoms with E-state index < -0.39 is 15.9 Å². The van der Waals surface area contributed by atoms with Gasteiger partial charge in [-0.15, -0.1) is 0 Å². The lowest BCUT2D eigenvalue weighted by atomic mass is 10.1. The third kappa shape index (κ3) is 4.02. The van der Waals surface area contributed by atoms with Gasteiger partial charge in [0.25, 0.3) is 15.9 Å². The fraction of sp³-hybridized carbons (Fsp3) is 0.238. The molecule has 0 aliphatic rings. The number of carbonyl (C=O) groups is 1. The second-order valence-corrected chi connectivity index (χ2v) is 8.73. The fourth-order valence-electron chi connectivity index (χ4n) is 3.09. The summed E-state index contributed by atoms with van der Waals surface area (Å²) in [5.41, 5.74) is 2.82.